The number of rotatable bonds is 5. The van der Waals surface area contributed by atoms with Gasteiger partial charge in [0.15, 0.2) is 5.82 Å². The molecule has 0 nitrogen and oxygen atoms in total. The van der Waals surface area contributed by atoms with Gasteiger partial charge in [-0.25, -0.2) is 0 Å². The molecule has 0 spiro atoms. The summed E-state index contributed by atoms with van der Waals surface area (Å²) in [5, 5.41) is 0. The Labute approximate surface area is 86.2 Å². The van der Waals surface area contributed by atoms with Gasteiger partial charge in [-0.1, -0.05) is 13.8 Å². The summed E-state index contributed by atoms with van der Waals surface area (Å²) >= 11 is 0. The van der Waals surface area contributed by atoms with E-state index in [1.165, 1.54) is 12.0 Å². The highest BCUT2D eigenvalue weighted by Crippen LogP contribution is 2.25. The van der Waals surface area contributed by atoms with Gasteiger partial charge in [0, 0.05) is 30.9 Å². The van der Waals surface area contributed by atoms with Crippen LogP contribution in [0.1, 0.15) is 45.1 Å². The summed E-state index contributed by atoms with van der Waals surface area (Å²) in [5.74, 6) is 1.25. The molecule has 1 aromatic rings. The van der Waals surface area contributed by atoms with Gasteiger partial charge in [-0.05, 0) is 18.9 Å². The molecule has 0 atom stereocenters. The first kappa shape index (κ1) is 11.1. The molecule has 0 N–H and O–H groups in total. The Morgan fingerprint density at radius 3 is 2.29 bits per heavy atom. The normalized spacial score (nSPS) is 10.2. The molecule has 14 heavy (non-hydrogen) atoms. The average molecular weight is 193 g/mol. The fraction of sp³-hybridized carbons (Fsp3) is 0.462. The van der Waals surface area contributed by atoms with E-state index >= 15 is 0 Å². The lowest BCUT2D eigenvalue weighted by Gasteiger charge is -2.08. The van der Waals surface area contributed by atoms with E-state index in [1.807, 2.05) is 6.07 Å². The van der Waals surface area contributed by atoms with E-state index in [0.717, 1.165) is 31.2 Å². The zero-order valence-corrected chi connectivity index (χ0v) is 9.02. The van der Waals surface area contributed by atoms with Crippen LogP contribution in [0.15, 0.2) is 24.3 Å². The third-order valence-corrected chi connectivity index (χ3v) is 2.34. The van der Waals surface area contributed by atoms with Gasteiger partial charge >= 0.3 is 0 Å². The molecule has 0 amide bonds. The number of hydrogen-bond donors (Lipinski definition) is 0. The first-order valence-corrected chi connectivity index (χ1v) is 5.38. The lowest BCUT2D eigenvalue weighted by atomic mass is 9.90. The van der Waals surface area contributed by atoms with Crippen LogP contribution in [0, 0.1) is 11.7 Å². The quantitative estimate of drug-likeness (QED) is 0.610. The lowest BCUT2D eigenvalue weighted by molar-refractivity contribution is 0.623. The van der Waals surface area contributed by atoms with Gasteiger partial charge in [0.2, 0.25) is 0 Å². The maximum atomic E-state index is 13.0. The number of halogens is 1. The Bertz CT molecular complexity index is 262. The summed E-state index contributed by atoms with van der Waals surface area (Å²) in [5.41, 5.74) is 1.08. The molecule has 0 saturated carbocycles. The fourth-order valence-electron chi connectivity index (χ4n) is 1.73. The van der Waals surface area contributed by atoms with Crippen LogP contribution in [0.4, 0.5) is 4.39 Å². The third-order valence-electron chi connectivity index (χ3n) is 2.34. The molecule has 1 aromatic carbocycles. The SMILES string of the molecule is CCC[C+](CCC)c1cccc(F)c1. The van der Waals surface area contributed by atoms with Gasteiger partial charge < -0.3 is 0 Å². The summed E-state index contributed by atoms with van der Waals surface area (Å²) < 4.78 is 13.0. The van der Waals surface area contributed by atoms with Crippen molar-refractivity contribution in [2.24, 2.45) is 0 Å². The molecule has 0 fully saturated rings. The van der Waals surface area contributed by atoms with Crippen LogP contribution in [0.2, 0.25) is 0 Å². The zero-order valence-electron chi connectivity index (χ0n) is 9.02. The molecule has 0 aliphatic rings. The van der Waals surface area contributed by atoms with Gasteiger partial charge in [-0.3, -0.25) is 0 Å². The van der Waals surface area contributed by atoms with E-state index in [-0.39, 0.29) is 5.82 Å². The molecule has 1 heteroatoms. The van der Waals surface area contributed by atoms with Crippen molar-refractivity contribution in [3.63, 3.8) is 0 Å². The van der Waals surface area contributed by atoms with Crippen LogP contribution in [0.3, 0.4) is 0 Å². The Hall–Kier alpha value is -0.980. The monoisotopic (exact) mass is 193 g/mol. The minimum absolute atomic E-state index is 0.132. The summed E-state index contributed by atoms with van der Waals surface area (Å²) in [7, 11) is 0. The van der Waals surface area contributed by atoms with E-state index in [2.05, 4.69) is 13.8 Å². The zero-order chi connectivity index (χ0) is 10.4. The van der Waals surface area contributed by atoms with E-state index in [9.17, 15) is 4.39 Å². The summed E-state index contributed by atoms with van der Waals surface area (Å²) in [4.78, 5) is 0. The molecule has 0 radical (unpaired) electrons. The van der Waals surface area contributed by atoms with Crippen molar-refractivity contribution in [1.29, 1.82) is 0 Å². The second-order valence-electron chi connectivity index (χ2n) is 3.61. The van der Waals surface area contributed by atoms with Crippen LogP contribution < -0.4 is 0 Å². The first-order chi connectivity index (χ1) is 6.77. The highest BCUT2D eigenvalue weighted by atomic mass is 19.1. The average Bonchev–Trinajstić information content (AvgIpc) is 2.17. The van der Waals surface area contributed by atoms with E-state index in [4.69, 9.17) is 0 Å². The van der Waals surface area contributed by atoms with Crippen molar-refractivity contribution in [2.75, 3.05) is 0 Å². The predicted molar refractivity (Wildman–Crippen MR) is 58.6 cm³/mol. The number of benzene rings is 1. The molecule has 0 unspecified atom stereocenters. The fourth-order valence-corrected chi connectivity index (χ4v) is 1.73. The Morgan fingerprint density at radius 2 is 1.79 bits per heavy atom. The second-order valence-corrected chi connectivity index (χ2v) is 3.61. The van der Waals surface area contributed by atoms with Crippen LogP contribution in [0.5, 0.6) is 0 Å². The molecule has 0 aromatic heterocycles. The molecule has 0 aliphatic carbocycles. The van der Waals surface area contributed by atoms with Gasteiger partial charge in [0.25, 0.3) is 0 Å². The van der Waals surface area contributed by atoms with Crippen molar-refractivity contribution < 1.29 is 4.39 Å². The highest BCUT2D eigenvalue weighted by Gasteiger charge is 2.17. The number of hydrogen-bond acceptors (Lipinski definition) is 0. The first-order valence-electron chi connectivity index (χ1n) is 5.38. The molecule has 0 aliphatic heterocycles. The van der Waals surface area contributed by atoms with Crippen LogP contribution >= 0.6 is 0 Å². The standard InChI is InChI=1S/C13H18F/c1-3-6-11(7-4-2)12-8-5-9-13(14)10-12/h5,8-10H,3-4,6-7H2,1-2H3/q+1. The molecular formula is C13H18F+. The predicted octanol–water partition coefficient (Wildman–Crippen LogP) is 4.35. The topological polar surface area (TPSA) is 0 Å². The molecule has 0 bridgehead atoms. The van der Waals surface area contributed by atoms with Gasteiger partial charge in [-0.15, -0.1) is 0 Å². The Morgan fingerprint density at radius 1 is 1.14 bits per heavy atom. The molecule has 0 saturated heterocycles. The van der Waals surface area contributed by atoms with Crippen LogP contribution in [0.25, 0.3) is 0 Å². The minimum Gasteiger partial charge on any atom is -0.191 e. The second kappa shape index (κ2) is 5.69. The van der Waals surface area contributed by atoms with E-state index in [0.29, 0.717) is 0 Å². The van der Waals surface area contributed by atoms with Crippen molar-refractivity contribution in [1.82, 2.24) is 0 Å². The minimum atomic E-state index is -0.132. The van der Waals surface area contributed by atoms with Gasteiger partial charge in [0.05, 0.1) is 6.07 Å². The largest absolute Gasteiger partial charge is 0.191 e. The summed E-state index contributed by atoms with van der Waals surface area (Å²) in [6.07, 6.45) is 4.42. The molecule has 76 valence electrons. The van der Waals surface area contributed by atoms with Crippen LogP contribution in [-0.4, -0.2) is 0 Å². The highest BCUT2D eigenvalue weighted by molar-refractivity contribution is 5.30. The van der Waals surface area contributed by atoms with Crippen molar-refractivity contribution in [3.05, 3.63) is 41.6 Å². The lowest BCUT2D eigenvalue weighted by Crippen LogP contribution is -1.99. The molecule has 0 heterocycles. The van der Waals surface area contributed by atoms with Crippen molar-refractivity contribution in [3.8, 4) is 0 Å². The van der Waals surface area contributed by atoms with Crippen molar-refractivity contribution in [2.45, 2.75) is 39.5 Å². The molecular weight excluding hydrogens is 175 g/mol. The third kappa shape index (κ3) is 3.06. The van der Waals surface area contributed by atoms with E-state index in [1.54, 1.807) is 12.1 Å². The Balaban J connectivity index is 2.75. The summed E-state index contributed by atoms with van der Waals surface area (Å²) in [6, 6.07) is 6.93. The van der Waals surface area contributed by atoms with Crippen molar-refractivity contribution >= 4 is 0 Å². The summed E-state index contributed by atoms with van der Waals surface area (Å²) in [6.45, 7) is 4.32. The smallest absolute Gasteiger partial charge is 0.180 e. The van der Waals surface area contributed by atoms with E-state index < -0.39 is 0 Å². The molecule has 1 rings (SSSR count). The van der Waals surface area contributed by atoms with Crippen LogP contribution in [-0.2, 0) is 0 Å². The van der Waals surface area contributed by atoms with Gasteiger partial charge in [-0.2, -0.15) is 4.39 Å². The van der Waals surface area contributed by atoms with Gasteiger partial charge in [0.1, 0.15) is 5.56 Å². The maximum Gasteiger partial charge on any atom is 0.180 e. The maximum absolute atomic E-state index is 13.0. The Kier molecular flexibility index (Phi) is 4.51.